The second kappa shape index (κ2) is 7.30. The summed E-state index contributed by atoms with van der Waals surface area (Å²) in [6.07, 6.45) is 5.33. The molecule has 7 nitrogen and oxygen atoms in total. The number of imide groups is 1. The van der Waals surface area contributed by atoms with Crippen LogP contribution in [0.2, 0.25) is 0 Å². The third-order valence-corrected chi connectivity index (χ3v) is 6.52. The molecule has 1 heterocycles. The van der Waals surface area contributed by atoms with Gasteiger partial charge in [0, 0.05) is 12.6 Å². The van der Waals surface area contributed by atoms with Crippen molar-refractivity contribution in [1.29, 1.82) is 0 Å². The number of benzene rings is 2. The van der Waals surface area contributed by atoms with Gasteiger partial charge in [-0.25, -0.2) is 9.29 Å². The highest BCUT2D eigenvalue weighted by molar-refractivity contribution is 6.23. The number of hydrogen-bond donors (Lipinski definition) is 1. The average molecular weight is 421 g/mol. The van der Waals surface area contributed by atoms with Gasteiger partial charge in [-0.15, -0.1) is 0 Å². The molecule has 158 valence electrons. The second-order valence-corrected chi connectivity index (χ2v) is 8.28. The Morgan fingerprint density at radius 2 is 1.77 bits per heavy atom. The first-order valence-corrected chi connectivity index (χ1v) is 10.3. The molecule has 1 saturated heterocycles. The van der Waals surface area contributed by atoms with E-state index in [9.17, 15) is 24.1 Å². The number of halogens is 1. The molecule has 8 heteroatoms. The van der Waals surface area contributed by atoms with E-state index >= 15 is 0 Å². The van der Waals surface area contributed by atoms with Gasteiger partial charge in [-0.05, 0) is 54.5 Å². The van der Waals surface area contributed by atoms with Crippen molar-refractivity contribution in [3.63, 3.8) is 0 Å². The Morgan fingerprint density at radius 3 is 2.42 bits per heavy atom. The van der Waals surface area contributed by atoms with Crippen LogP contribution >= 0.6 is 0 Å². The quantitative estimate of drug-likeness (QED) is 0.332. The number of carbonyl (C=O) groups excluding carboxylic acids is 2. The lowest BCUT2D eigenvalue weighted by Crippen LogP contribution is -2.32. The number of nitrogens with zero attached hydrogens (tertiary/aromatic N) is 2. The molecule has 1 N–H and O–H groups in total. The molecule has 2 aromatic carbocycles. The van der Waals surface area contributed by atoms with Crippen LogP contribution in [0.5, 0.6) is 0 Å². The van der Waals surface area contributed by atoms with E-state index in [1.807, 2.05) is 12.2 Å². The summed E-state index contributed by atoms with van der Waals surface area (Å²) < 4.78 is 13.3. The predicted octanol–water partition coefficient (Wildman–Crippen LogP) is 3.70. The Bertz CT molecular complexity index is 1100. The smallest absolute Gasteiger partial charge is 0.294 e. The van der Waals surface area contributed by atoms with Crippen LogP contribution in [0.3, 0.4) is 0 Å². The van der Waals surface area contributed by atoms with E-state index in [2.05, 4.69) is 5.32 Å². The maximum absolute atomic E-state index is 13.3. The monoisotopic (exact) mass is 421 g/mol. The Kier molecular flexibility index (Phi) is 4.57. The molecular formula is C23H20FN3O4. The minimum Gasteiger partial charge on any atom is -0.379 e. The number of rotatable bonds is 6. The molecule has 0 aromatic heterocycles. The molecular weight excluding hydrogens is 401 g/mol. The first-order chi connectivity index (χ1) is 14.9. The fourth-order valence-electron chi connectivity index (χ4n) is 5.15. The number of amides is 2. The minimum atomic E-state index is -0.537. The Morgan fingerprint density at radius 1 is 1.06 bits per heavy atom. The zero-order chi connectivity index (χ0) is 21.7. The zero-order valence-electron chi connectivity index (χ0n) is 16.5. The molecule has 2 fully saturated rings. The van der Waals surface area contributed by atoms with Crippen LogP contribution in [0.25, 0.3) is 0 Å². The van der Waals surface area contributed by atoms with E-state index in [1.54, 1.807) is 18.2 Å². The van der Waals surface area contributed by atoms with Crippen LogP contribution in [0.4, 0.5) is 21.5 Å². The second-order valence-electron chi connectivity index (χ2n) is 8.28. The Labute approximate surface area is 177 Å². The van der Waals surface area contributed by atoms with Gasteiger partial charge in [0.15, 0.2) is 0 Å². The van der Waals surface area contributed by atoms with E-state index in [4.69, 9.17) is 0 Å². The van der Waals surface area contributed by atoms with Crippen molar-refractivity contribution >= 4 is 28.9 Å². The van der Waals surface area contributed by atoms with E-state index in [1.165, 1.54) is 24.3 Å². The highest BCUT2D eigenvalue weighted by Gasteiger charge is 2.59. The molecule has 5 rings (SSSR count). The summed E-state index contributed by atoms with van der Waals surface area (Å²) in [4.78, 5) is 38.2. The highest BCUT2D eigenvalue weighted by atomic mass is 19.1. The highest BCUT2D eigenvalue weighted by Crippen LogP contribution is 2.53. The number of fused-ring (bicyclic) bond motifs is 5. The topological polar surface area (TPSA) is 92.6 Å². The molecule has 2 aromatic rings. The normalized spacial score (nSPS) is 25.9. The fraction of sp³-hybridized carbons (Fsp3) is 0.304. The fourth-order valence-corrected chi connectivity index (χ4v) is 5.15. The van der Waals surface area contributed by atoms with E-state index < -0.39 is 4.92 Å². The average Bonchev–Trinajstić information content (AvgIpc) is 3.42. The van der Waals surface area contributed by atoms with Crippen molar-refractivity contribution in [1.82, 2.24) is 0 Å². The molecule has 2 amide bonds. The van der Waals surface area contributed by atoms with Crippen LogP contribution in [0.15, 0.2) is 54.6 Å². The third-order valence-electron chi connectivity index (χ3n) is 6.52. The van der Waals surface area contributed by atoms with Crippen molar-refractivity contribution in [2.45, 2.75) is 12.8 Å². The Hall–Kier alpha value is -3.55. The van der Waals surface area contributed by atoms with Gasteiger partial charge < -0.3 is 5.32 Å². The summed E-state index contributed by atoms with van der Waals surface area (Å²) in [5.41, 5.74) is 1.07. The molecule has 1 saturated carbocycles. The minimum absolute atomic E-state index is 0.0789. The van der Waals surface area contributed by atoms with Crippen LogP contribution in [-0.2, 0) is 16.0 Å². The number of nitrogens with one attached hydrogen (secondary N) is 1. The van der Waals surface area contributed by atoms with Gasteiger partial charge in [-0.2, -0.15) is 0 Å². The largest absolute Gasteiger partial charge is 0.379 e. The van der Waals surface area contributed by atoms with Crippen molar-refractivity contribution in [2.24, 2.45) is 23.7 Å². The molecule has 0 radical (unpaired) electrons. The standard InChI is InChI=1S/C23H20FN3O4/c24-16-3-1-2-13(10-16)8-9-25-18-7-6-17(12-19(18)27(30)31)26-22(28)20-14-4-5-15(11-14)21(20)23(26)29/h1-7,10,12,14-15,20-21,25H,8-9,11H2/t14-,15-,20-,21+/m0/s1. The van der Waals surface area contributed by atoms with Crippen molar-refractivity contribution < 1.29 is 18.9 Å². The summed E-state index contributed by atoms with van der Waals surface area (Å²) in [7, 11) is 0. The molecule has 31 heavy (non-hydrogen) atoms. The summed E-state index contributed by atoms with van der Waals surface area (Å²) in [5, 5.41) is 14.7. The number of hydrogen-bond acceptors (Lipinski definition) is 5. The predicted molar refractivity (Wildman–Crippen MR) is 112 cm³/mol. The maximum Gasteiger partial charge on any atom is 0.294 e. The van der Waals surface area contributed by atoms with E-state index in [0.717, 1.165) is 16.9 Å². The summed E-state index contributed by atoms with van der Waals surface area (Å²) >= 11 is 0. The number of carbonyl (C=O) groups is 2. The van der Waals surface area contributed by atoms with Gasteiger partial charge in [0.1, 0.15) is 11.5 Å². The van der Waals surface area contributed by atoms with Crippen LogP contribution in [0, 0.1) is 39.6 Å². The SMILES string of the molecule is O=C1[C@@H]2[C@H](C(=O)N1c1ccc(NCCc3cccc(F)c3)c([N+](=O)[O-])c1)[C@H]1C=C[C@H]2C1. The first kappa shape index (κ1) is 19.4. The Balaban J connectivity index is 1.36. The zero-order valence-corrected chi connectivity index (χ0v) is 16.5. The summed E-state index contributed by atoms with van der Waals surface area (Å²) in [6.45, 7) is 0.365. The molecule has 0 unspecified atom stereocenters. The van der Waals surface area contributed by atoms with Crippen molar-refractivity contribution in [3.05, 3.63) is 76.1 Å². The molecule has 0 spiro atoms. The van der Waals surface area contributed by atoms with E-state index in [-0.39, 0.29) is 58.4 Å². The molecule has 4 atom stereocenters. The molecule has 2 bridgehead atoms. The number of nitro benzene ring substituents is 1. The van der Waals surface area contributed by atoms with Gasteiger partial charge in [0.2, 0.25) is 11.8 Å². The maximum atomic E-state index is 13.3. The number of allylic oxidation sites excluding steroid dienone is 2. The lowest BCUT2D eigenvalue weighted by molar-refractivity contribution is -0.383. The van der Waals surface area contributed by atoms with Crippen molar-refractivity contribution in [2.75, 3.05) is 16.8 Å². The van der Waals surface area contributed by atoms with Gasteiger partial charge in [-0.3, -0.25) is 19.7 Å². The summed E-state index contributed by atoms with van der Waals surface area (Å²) in [6, 6.07) is 10.5. The molecule has 2 aliphatic carbocycles. The number of nitro groups is 1. The molecule has 3 aliphatic rings. The van der Waals surface area contributed by atoms with Crippen LogP contribution in [0.1, 0.15) is 12.0 Å². The van der Waals surface area contributed by atoms with Gasteiger partial charge in [0.05, 0.1) is 22.4 Å². The van der Waals surface area contributed by atoms with Crippen LogP contribution in [-0.4, -0.2) is 23.3 Å². The number of anilines is 2. The van der Waals surface area contributed by atoms with Gasteiger partial charge in [-0.1, -0.05) is 24.3 Å². The van der Waals surface area contributed by atoms with E-state index in [0.29, 0.717) is 13.0 Å². The van der Waals surface area contributed by atoms with Gasteiger partial charge >= 0.3 is 0 Å². The van der Waals surface area contributed by atoms with Gasteiger partial charge in [0.25, 0.3) is 5.69 Å². The lowest BCUT2D eigenvalue weighted by atomic mass is 9.85. The summed E-state index contributed by atoms with van der Waals surface area (Å²) in [5.74, 6) is -1.43. The third kappa shape index (κ3) is 3.19. The molecule has 1 aliphatic heterocycles. The van der Waals surface area contributed by atoms with Crippen molar-refractivity contribution in [3.8, 4) is 0 Å². The first-order valence-electron chi connectivity index (χ1n) is 10.3. The van der Waals surface area contributed by atoms with Crippen LogP contribution < -0.4 is 10.2 Å². The lowest BCUT2D eigenvalue weighted by Gasteiger charge is -2.18.